The van der Waals surface area contributed by atoms with E-state index in [1.54, 1.807) is 12.4 Å². The van der Waals surface area contributed by atoms with E-state index in [1.165, 1.54) is 0 Å². The highest BCUT2D eigenvalue weighted by Gasteiger charge is 2.40. The molecule has 1 saturated heterocycles. The third kappa shape index (κ3) is 2.83. The smallest absolute Gasteiger partial charge is 0.253 e. The highest BCUT2D eigenvalue weighted by atomic mass is 16.7. The highest BCUT2D eigenvalue weighted by molar-refractivity contribution is 5.94. The topological polar surface area (TPSA) is 60.5 Å². The molecule has 5 heteroatoms. The lowest BCUT2D eigenvalue weighted by molar-refractivity contribution is -0.179. The monoisotopic (exact) mass is 276 g/mol. The van der Waals surface area contributed by atoms with Crippen molar-refractivity contribution < 1.29 is 14.3 Å². The molecule has 2 fully saturated rings. The van der Waals surface area contributed by atoms with Crippen molar-refractivity contribution in [2.45, 2.75) is 44.4 Å². The van der Waals surface area contributed by atoms with Crippen molar-refractivity contribution in [2.24, 2.45) is 0 Å². The van der Waals surface area contributed by atoms with Crippen molar-refractivity contribution in [3.8, 4) is 0 Å². The number of amides is 1. The van der Waals surface area contributed by atoms with Crippen molar-refractivity contribution in [3.63, 3.8) is 0 Å². The van der Waals surface area contributed by atoms with Crippen molar-refractivity contribution in [2.75, 3.05) is 13.2 Å². The second kappa shape index (κ2) is 5.50. The van der Waals surface area contributed by atoms with Crippen molar-refractivity contribution in [1.82, 2.24) is 10.3 Å². The molecule has 0 radical (unpaired) electrons. The van der Waals surface area contributed by atoms with E-state index in [9.17, 15) is 4.79 Å². The van der Waals surface area contributed by atoms with Crippen LogP contribution in [0.15, 0.2) is 18.5 Å². The van der Waals surface area contributed by atoms with Gasteiger partial charge < -0.3 is 14.8 Å². The average Bonchev–Trinajstić information content (AvgIpc) is 2.90. The fraction of sp³-hybridized carbons (Fsp3) is 0.600. The van der Waals surface area contributed by atoms with Gasteiger partial charge in [0.15, 0.2) is 5.79 Å². The Morgan fingerprint density at radius 2 is 2.00 bits per heavy atom. The number of ether oxygens (including phenoxy) is 2. The lowest BCUT2D eigenvalue weighted by atomic mass is 9.90. The van der Waals surface area contributed by atoms with Gasteiger partial charge in [-0.05, 0) is 31.4 Å². The summed E-state index contributed by atoms with van der Waals surface area (Å²) in [5.74, 6) is -0.415. The first-order chi connectivity index (χ1) is 9.67. The zero-order valence-electron chi connectivity index (χ0n) is 11.7. The lowest BCUT2D eigenvalue weighted by Gasteiger charge is -2.35. The molecule has 1 N–H and O–H groups in total. The van der Waals surface area contributed by atoms with Crippen molar-refractivity contribution in [3.05, 3.63) is 29.6 Å². The first-order valence-electron chi connectivity index (χ1n) is 7.17. The van der Waals surface area contributed by atoms with E-state index in [1.807, 2.05) is 13.0 Å². The molecule has 0 bridgehead atoms. The first-order valence-corrected chi connectivity index (χ1v) is 7.17. The van der Waals surface area contributed by atoms with E-state index in [-0.39, 0.29) is 17.7 Å². The van der Waals surface area contributed by atoms with Crippen LogP contribution >= 0.6 is 0 Å². The molecule has 108 valence electrons. The zero-order valence-corrected chi connectivity index (χ0v) is 11.7. The van der Waals surface area contributed by atoms with Gasteiger partial charge in [0.05, 0.1) is 18.8 Å². The Morgan fingerprint density at radius 1 is 1.30 bits per heavy atom. The molecule has 20 heavy (non-hydrogen) atoms. The number of rotatable bonds is 2. The maximum atomic E-state index is 12.2. The Kier molecular flexibility index (Phi) is 3.72. The summed E-state index contributed by atoms with van der Waals surface area (Å²) in [6.07, 6.45) is 6.84. The van der Waals surface area contributed by atoms with Crippen LogP contribution in [0.4, 0.5) is 0 Å². The molecule has 3 rings (SSSR count). The number of nitrogens with zero attached hydrogens (tertiary/aromatic N) is 1. The summed E-state index contributed by atoms with van der Waals surface area (Å²) in [6.45, 7) is 3.31. The number of carbonyl (C=O) groups excluding carboxylic acids is 1. The minimum Gasteiger partial charge on any atom is -0.349 e. The van der Waals surface area contributed by atoms with E-state index in [4.69, 9.17) is 9.47 Å². The maximum Gasteiger partial charge on any atom is 0.253 e. The van der Waals surface area contributed by atoms with Gasteiger partial charge >= 0.3 is 0 Å². The summed E-state index contributed by atoms with van der Waals surface area (Å²) >= 11 is 0. The molecule has 1 spiro atoms. The fourth-order valence-electron chi connectivity index (χ4n) is 2.94. The van der Waals surface area contributed by atoms with Gasteiger partial charge in [0.1, 0.15) is 0 Å². The Morgan fingerprint density at radius 3 is 2.65 bits per heavy atom. The van der Waals surface area contributed by atoms with E-state index in [2.05, 4.69) is 10.3 Å². The van der Waals surface area contributed by atoms with Gasteiger partial charge in [-0.3, -0.25) is 9.78 Å². The molecular weight excluding hydrogens is 256 g/mol. The van der Waals surface area contributed by atoms with Gasteiger partial charge in [-0.15, -0.1) is 0 Å². The Hall–Kier alpha value is -1.46. The molecule has 0 aromatic carbocycles. The molecule has 2 heterocycles. The van der Waals surface area contributed by atoms with E-state index in [0.29, 0.717) is 18.8 Å². The second-order valence-electron chi connectivity index (χ2n) is 5.61. The van der Waals surface area contributed by atoms with Crippen LogP contribution in [0, 0.1) is 6.92 Å². The first kappa shape index (κ1) is 13.5. The lowest BCUT2D eigenvalue weighted by Crippen LogP contribution is -2.44. The number of aromatic nitrogens is 1. The maximum absolute atomic E-state index is 12.2. The minimum atomic E-state index is -0.369. The standard InChI is InChI=1S/C15H20N2O3/c1-11-8-12(10-16-9-11)14(18)17-13-2-4-15(5-3-13)19-6-7-20-15/h8-10,13H,2-7H2,1H3,(H,17,18). The number of pyridine rings is 1. The molecule has 0 unspecified atom stereocenters. The summed E-state index contributed by atoms with van der Waals surface area (Å²) in [7, 11) is 0. The molecular formula is C15H20N2O3. The molecule has 1 amide bonds. The second-order valence-corrected chi connectivity index (χ2v) is 5.61. The third-order valence-electron chi connectivity index (χ3n) is 4.03. The predicted octanol–water partition coefficient (Wildman–Crippen LogP) is 1.81. The van der Waals surface area contributed by atoms with Crippen LogP contribution in [0.5, 0.6) is 0 Å². The normalized spacial score (nSPS) is 22.1. The Labute approximate surface area is 118 Å². The van der Waals surface area contributed by atoms with Gasteiger partial charge in [-0.1, -0.05) is 0 Å². The van der Waals surface area contributed by atoms with Crippen LogP contribution in [0.3, 0.4) is 0 Å². The molecule has 1 aliphatic carbocycles. The van der Waals surface area contributed by atoms with Crippen molar-refractivity contribution in [1.29, 1.82) is 0 Å². The van der Waals surface area contributed by atoms with Crippen LogP contribution in [-0.2, 0) is 9.47 Å². The molecule has 1 aliphatic heterocycles. The zero-order chi connectivity index (χ0) is 14.0. The summed E-state index contributed by atoms with van der Waals surface area (Å²) in [4.78, 5) is 16.2. The molecule has 5 nitrogen and oxygen atoms in total. The highest BCUT2D eigenvalue weighted by Crippen LogP contribution is 2.35. The summed E-state index contributed by atoms with van der Waals surface area (Å²) in [6, 6.07) is 2.05. The number of hydrogen-bond acceptors (Lipinski definition) is 4. The number of hydrogen-bond donors (Lipinski definition) is 1. The van der Waals surface area contributed by atoms with Gasteiger partial charge in [0, 0.05) is 31.3 Å². The molecule has 0 atom stereocenters. The van der Waals surface area contributed by atoms with Crippen LogP contribution in [0.25, 0.3) is 0 Å². The van der Waals surface area contributed by atoms with Crippen molar-refractivity contribution >= 4 is 5.91 Å². The van der Waals surface area contributed by atoms with Crippen LogP contribution < -0.4 is 5.32 Å². The van der Waals surface area contributed by atoms with Crippen LogP contribution in [0.2, 0.25) is 0 Å². The average molecular weight is 276 g/mol. The number of carbonyl (C=O) groups is 1. The summed E-state index contributed by atoms with van der Waals surface area (Å²) in [5, 5.41) is 3.08. The van der Waals surface area contributed by atoms with Crippen LogP contribution in [-0.4, -0.2) is 35.9 Å². The summed E-state index contributed by atoms with van der Waals surface area (Å²) < 4.78 is 11.4. The molecule has 2 aliphatic rings. The predicted molar refractivity (Wildman–Crippen MR) is 73.3 cm³/mol. The van der Waals surface area contributed by atoms with E-state index in [0.717, 1.165) is 31.2 Å². The van der Waals surface area contributed by atoms with Gasteiger partial charge in [0.25, 0.3) is 5.91 Å². The largest absolute Gasteiger partial charge is 0.349 e. The quantitative estimate of drug-likeness (QED) is 0.895. The number of nitrogens with one attached hydrogen (secondary N) is 1. The third-order valence-corrected chi connectivity index (χ3v) is 4.03. The van der Waals surface area contributed by atoms with Gasteiger partial charge in [-0.25, -0.2) is 0 Å². The Balaban J connectivity index is 1.55. The van der Waals surface area contributed by atoms with Crippen LogP contribution in [0.1, 0.15) is 41.6 Å². The minimum absolute atomic E-state index is 0.0459. The molecule has 1 saturated carbocycles. The molecule has 1 aromatic heterocycles. The Bertz CT molecular complexity index is 488. The summed E-state index contributed by atoms with van der Waals surface area (Å²) in [5.41, 5.74) is 1.62. The number of aryl methyl sites for hydroxylation is 1. The SMILES string of the molecule is Cc1cncc(C(=O)NC2CCC3(CC2)OCCO3)c1. The van der Waals surface area contributed by atoms with E-state index < -0.39 is 0 Å². The molecule has 1 aromatic rings. The fourth-order valence-corrected chi connectivity index (χ4v) is 2.94. The van der Waals surface area contributed by atoms with Gasteiger partial charge in [0.2, 0.25) is 0 Å². The van der Waals surface area contributed by atoms with Gasteiger partial charge in [-0.2, -0.15) is 0 Å². The van der Waals surface area contributed by atoms with E-state index >= 15 is 0 Å².